The highest BCUT2D eigenvalue weighted by atomic mass is 35.5. The van der Waals surface area contributed by atoms with Crippen molar-refractivity contribution in [3.05, 3.63) is 53.1 Å². The molecule has 6 nitrogen and oxygen atoms in total. The third-order valence-corrected chi connectivity index (χ3v) is 4.90. The number of para-hydroxylation sites is 2. The maximum Gasteiger partial charge on any atom is 0.263 e. The van der Waals surface area contributed by atoms with E-state index in [1.165, 1.54) is 7.11 Å². The van der Waals surface area contributed by atoms with Gasteiger partial charge in [0.2, 0.25) is 0 Å². The van der Waals surface area contributed by atoms with Crippen molar-refractivity contribution in [1.82, 2.24) is 9.97 Å². The minimum Gasteiger partial charge on any atom is -0.496 e. The zero-order chi connectivity index (χ0) is 19.0. The first kappa shape index (κ1) is 17.5. The summed E-state index contributed by atoms with van der Waals surface area (Å²) in [5.41, 5.74) is 1.97. The van der Waals surface area contributed by atoms with Crippen LogP contribution in [0.3, 0.4) is 0 Å². The Hall–Kier alpha value is -2.86. The number of benzene rings is 2. The lowest BCUT2D eigenvalue weighted by atomic mass is 10.1. The first-order valence-corrected chi connectivity index (χ1v) is 9.09. The Morgan fingerprint density at radius 1 is 1.07 bits per heavy atom. The highest BCUT2D eigenvalue weighted by molar-refractivity contribution is 6.31. The van der Waals surface area contributed by atoms with Crippen LogP contribution in [0.15, 0.2) is 42.5 Å². The molecule has 0 spiro atoms. The molecule has 0 aliphatic carbocycles. The highest BCUT2D eigenvalue weighted by Gasteiger charge is 2.29. The summed E-state index contributed by atoms with van der Waals surface area (Å²) in [5.74, 6) is 1.54. The van der Waals surface area contributed by atoms with Gasteiger partial charge in [-0.2, -0.15) is 0 Å². The van der Waals surface area contributed by atoms with E-state index < -0.39 is 0 Å². The fraction of sp³-hybridized carbons (Fsp3) is 0.250. The SMILES string of the molecule is COc1ccc(Cl)cc1C(=O)N1CCCN(C)c2nc3ccccc3nc21. The fourth-order valence-electron chi connectivity index (χ4n) is 3.29. The van der Waals surface area contributed by atoms with Crippen molar-refractivity contribution in [2.75, 3.05) is 37.0 Å². The number of carbonyl (C=O) groups is 1. The van der Waals surface area contributed by atoms with Crippen LogP contribution in [0, 0.1) is 0 Å². The van der Waals surface area contributed by atoms with Gasteiger partial charge in [0.1, 0.15) is 5.75 Å². The van der Waals surface area contributed by atoms with Gasteiger partial charge in [0, 0.05) is 25.2 Å². The summed E-state index contributed by atoms with van der Waals surface area (Å²) < 4.78 is 5.37. The van der Waals surface area contributed by atoms with E-state index in [4.69, 9.17) is 26.3 Å². The van der Waals surface area contributed by atoms with Crippen molar-refractivity contribution >= 4 is 40.2 Å². The molecule has 0 saturated heterocycles. The van der Waals surface area contributed by atoms with Crippen LogP contribution >= 0.6 is 11.6 Å². The maximum atomic E-state index is 13.4. The third-order valence-electron chi connectivity index (χ3n) is 4.66. The van der Waals surface area contributed by atoms with Gasteiger partial charge < -0.3 is 9.64 Å². The average molecular weight is 383 g/mol. The average Bonchev–Trinajstić information content (AvgIpc) is 2.84. The number of ether oxygens (including phenoxy) is 1. The van der Waals surface area contributed by atoms with Gasteiger partial charge in [0.15, 0.2) is 11.6 Å². The number of fused-ring (bicyclic) bond motifs is 2. The zero-order valence-corrected chi connectivity index (χ0v) is 15.9. The summed E-state index contributed by atoms with van der Waals surface area (Å²) in [7, 11) is 3.51. The van der Waals surface area contributed by atoms with E-state index in [0.717, 1.165) is 24.0 Å². The highest BCUT2D eigenvalue weighted by Crippen LogP contribution is 2.33. The largest absolute Gasteiger partial charge is 0.496 e. The first-order valence-electron chi connectivity index (χ1n) is 8.72. The Morgan fingerprint density at radius 3 is 2.48 bits per heavy atom. The minimum absolute atomic E-state index is 0.199. The fourth-order valence-corrected chi connectivity index (χ4v) is 3.46. The van der Waals surface area contributed by atoms with Crippen molar-refractivity contribution in [2.24, 2.45) is 0 Å². The number of amides is 1. The Bertz CT molecular complexity index is 1020. The third kappa shape index (κ3) is 3.17. The molecule has 2 aromatic carbocycles. The van der Waals surface area contributed by atoms with Gasteiger partial charge in [-0.1, -0.05) is 23.7 Å². The summed E-state index contributed by atoms with van der Waals surface area (Å²) in [6.45, 7) is 1.33. The molecule has 27 heavy (non-hydrogen) atoms. The van der Waals surface area contributed by atoms with Crippen LogP contribution in [0.1, 0.15) is 16.8 Å². The standard InChI is InChI=1S/C20H19ClN4O2/c1-24-10-5-11-25(20(26)14-12-13(21)8-9-17(14)27-2)19-18(24)22-15-6-3-4-7-16(15)23-19/h3-4,6-9,12H,5,10-11H2,1-2H3. The van der Waals surface area contributed by atoms with E-state index in [1.807, 2.05) is 36.2 Å². The van der Waals surface area contributed by atoms with Gasteiger partial charge in [0.25, 0.3) is 5.91 Å². The van der Waals surface area contributed by atoms with Gasteiger partial charge in [0.05, 0.1) is 23.7 Å². The molecule has 0 atom stereocenters. The molecule has 1 amide bonds. The lowest BCUT2D eigenvalue weighted by Crippen LogP contribution is -2.32. The number of hydrogen-bond acceptors (Lipinski definition) is 5. The van der Waals surface area contributed by atoms with Crippen molar-refractivity contribution in [1.29, 1.82) is 0 Å². The Kier molecular flexibility index (Phi) is 4.58. The molecule has 0 bridgehead atoms. The topological polar surface area (TPSA) is 58.6 Å². The Balaban J connectivity index is 1.87. The minimum atomic E-state index is -0.199. The molecule has 0 unspecified atom stereocenters. The van der Waals surface area contributed by atoms with Gasteiger partial charge in [-0.15, -0.1) is 0 Å². The predicted octanol–water partition coefficient (Wildman–Crippen LogP) is 3.78. The van der Waals surface area contributed by atoms with E-state index in [0.29, 0.717) is 34.5 Å². The van der Waals surface area contributed by atoms with E-state index in [9.17, 15) is 4.79 Å². The lowest BCUT2D eigenvalue weighted by Gasteiger charge is -2.23. The van der Waals surface area contributed by atoms with Crippen LogP contribution in [0.5, 0.6) is 5.75 Å². The number of aromatic nitrogens is 2. The van der Waals surface area contributed by atoms with E-state index in [2.05, 4.69) is 0 Å². The number of carbonyl (C=O) groups excluding carboxylic acids is 1. The zero-order valence-electron chi connectivity index (χ0n) is 15.1. The second-order valence-electron chi connectivity index (χ2n) is 6.44. The van der Waals surface area contributed by atoms with Crippen LogP contribution in [-0.4, -0.2) is 43.1 Å². The molecule has 1 aromatic heterocycles. The number of hydrogen-bond donors (Lipinski definition) is 0. The van der Waals surface area contributed by atoms with Crippen LogP contribution in [0.2, 0.25) is 5.02 Å². The summed E-state index contributed by atoms with van der Waals surface area (Å²) >= 11 is 6.13. The molecule has 0 N–H and O–H groups in total. The van der Waals surface area contributed by atoms with Crippen LogP contribution in [0.25, 0.3) is 11.0 Å². The number of nitrogens with zero attached hydrogens (tertiary/aromatic N) is 4. The molecule has 1 aliphatic heterocycles. The number of rotatable bonds is 2. The summed E-state index contributed by atoms with van der Waals surface area (Å²) in [6.07, 6.45) is 0.805. The number of anilines is 2. The van der Waals surface area contributed by atoms with Crippen molar-refractivity contribution in [2.45, 2.75) is 6.42 Å². The molecule has 4 rings (SSSR count). The normalized spacial score (nSPS) is 14.0. The second-order valence-corrected chi connectivity index (χ2v) is 6.87. The molecule has 7 heteroatoms. The second kappa shape index (κ2) is 7.04. The van der Waals surface area contributed by atoms with Gasteiger partial charge in [-0.3, -0.25) is 9.69 Å². The molecular formula is C20H19ClN4O2. The lowest BCUT2D eigenvalue weighted by molar-refractivity contribution is 0.0983. The predicted molar refractivity (Wildman–Crippen MR) is 107 cm³/mol. The monoisotopic (exact) mass is 382 g/mol. The summed E-state index contributed by atoms with van der Waals surface area (Å²) in [4.78, 5) is 26.6. The molecule has 138 valence electrons. The Morgan fingerprint density at radius 2 is 1.78 bits per heavy atom. The van der Waals surface area contributed by atoms with Crippen molar-refractivity contribution < 1.29 is 9.53 Å². The Labute approximate surface area is 162 Å². The molecule has 0 saturated carbocycles. The first-order chi connectivity index (χ1) is 13.1. The molecule has 0 radical (unpaired) electrons. The number of methoxy groups -OCH3 is 1. The smallest absolute Gasteiger partial charge is 0.263 e. The van der Waals surface area contributed by atoms with E-state index in [-0.39, 0.29) is 5.91 Å². The molecule has 1 aliphatic rings. The quantitative estimate of drug-likeness (QED) is 0.675. The molecular weight excluding hydrogens is 364 g/mol. The van der Waals surface area contributed by atoms with E-state index >= 15 is 0 Å². The maximum absolute atomic E-state index is 13.4. The van der Waals surface area contributed by atoms with Crippen LogP contribution in [0.4, 0.5) is 11.6 Å². The van der Waals surface area contributed by atoms with Gasteiger partial charge >= 0.3 is 0 Å². The number of halogens is 1. The van der Waals surface area contributed by atoms with Crippen LogP contribution in [-0.2, 0) is 0 Å². The van der Waals surface area contributed by atoms with Crippen molar-refractivity contribution in [3.8, 4) is 5.75 Å². The summed E-state index contributed by atoms with van der Waals surface area (Å²) in [5, 5.41) is 0.482. The van der Waals surface area contributed by atoms with Gasteiger partial charge in [-0.25, -0.2) is 9.97 Å². The molecule has 2 heterocycles. The summed E-state index contributed by atoms with van der Waals surface area (Å²) in [6, 6.07) is 12.7. The van der Waals surface area contributed by atoms with E-state index in [1.54, 1.807) is 23.1 Å². The van der Waals surface area contributed by atoms with Gasteiger partial charge in [-0.05, 0) is 36.8 Å². The van der Waals surface area contributed by atoms with Crippen molar-refractivity contribution in [3.63, 3.8) is 0 Å². The van der Waals surface area contributed by atoms with Crippen LogP contribution < -0.4 is 14.5 Å². The molecule has 3 aromatic rings. The molecule has 0 fully saturated rings.